The lowest BCUT2D eigenvalue weighted by atomic mass is 9.99. The largest absolute Gasteiger partial charge is 0.493 e. The molecule has 0 fully saturated rings. The highest BCUT2D eigenvalue weighted by atomic mass is 35.5. The number of methoxy groups -OCH3 is 1. The van der Waals surface area contributed by atoms with Crippen LogP contribution in [0, 0.1) is 5.92 Å². The van der Waals surface area contributed by atoms with E-state index in [4.69, 9.17) is 21.1 Å². The molecule has 3 aromatic rings. The van der Waals surface area contributed by atoms with Crippen molar-refractivity contribution in [3.63, 3.8) is 0 Å². The molecule has 2 atom stereocenters. The van der Waals surface area contributed by atoms with E-state index in [0.29, 0.717) is 31.0 Å². The molecule has 0 saturated heterocycles. The van der Waals surface area contributed by atoms with Crippen LogP contribution in [0.15, 0.2) is 72.8 Å². The van der Waals surface area contributed by atoms with E-state index in [9.17, 15) is 18.0 Å². The Morgan fingerprint density at radius 1 is 0.974 bits per heavy atom. The van der Waals surface area contributed by atoms with Crippen LogP contribution in [0.5, 0.6) is 5.75 Å². The van der Waals surface area contributed by atoms with Gasteiger partial charge in [0.25, 0.3) is 0 Å². The maximum Gasteiger partial charge on any atom is 0.417 e. The molecule has 0 saturated carbocycles. The summed E-state index contributed by atoms with van der Waals surface area (Å²) >= 11 is 6.23. The van der Waals surface area contributed by atoms with Gasteiger partial charge in [-0.05, 0) is 40.8 Å². The van der Waals surface area contributed by atoms with Gasteiger partial charge in [-0.25, -0.2) is 0 Å². The van der Waals surface area contributed by atoms with Gasteiger partial charge in [-0.15, -0.1) is 0 Å². The topological polar surface area (TPSA) is 38.8 Å². The van der Waals surface area contributed by atoms with Crippen molar-refractivity contribution < 1.29 is 27.4 Å². The van der Waals surface area contributed by atoms with Gasteiger partial charge >= 0.3 is 12.1 Å². The van der Waals surface area contributed by atoms with Gasteiger partial charge in [0, 0.05) is 25.6 Å². The number of ether oxygens (including phenoxy) is 2. The Bertz CT molecular complexity index is 1190. The lowest BCUT2D eigenvalue weighted by Gasteiger charge is -2.29. The van der Waals surface area contributed by atoms with Gasteiger partial charge in [-0.3, -0.25) is 9.69 Å². The number of esters is 1. The summed E-state index contributed by atoms with van der Waals surface area (Å²) in [6, 6.07) is 21.3. The van der Waals surface area contributed by atoms with Gasteiger partial charge in [0.1, 0.15) is 5.75 Å². The smallest absolute Gasteiger partial charge is 0.417 e. The van der Waals surface area contributed by atoms with Gasteiger partial charge in [0.05, 0.1) is 30.7 Å². The van der Waals surface area contributed by atoms with E-state index in [2.05, 4.69) is 11.8 Å². The van der Waals surface area contributed by atoms with Crippen molar-refractivity contribution in [3.8, 4) is 5.75 Å². The van der Waals surface area contributed by atoms with Gasteiger partial charge in [0.15, 0.2) is 0 Å². The highest BCUT2D eigenvalue weighted by molar-refractivity contribution is 6.32. The van der Waals surface area contributed by atoms with Crippen LogP contribution < -0.4 is 4.74 Å². The molecular formula is C30H33ClF3NO3. The number of benzene rings is 3. The van der Waals surface area contributed by atoms with E-state index < -0.39 is 11.7 Å². The molecule has 0 bridgehead atoms. The van der Waals surface area contributed by atoms with Crippen molar-refractivity contribution in [3.05, 3.63) is 100 Å². The summed E-state index contributed by atoms with van der Waals surface area (Å²) < 4.78 is 51.1. The van der Waals surface area contributed by atoms with Gasteiger partial charge < -0.3 is 9.47 Å². The minimum atomic E-state index is -4.52. The quantitative estimate of drug-likeness (QED) is 0.222. The summed E-state index contributed by atoms with van der Waals surface area (Å²) in [6.45, 7) is 6.03. The van der Waals surface area contributed by atoms with Crippen molar-refractivity contribution in [2.75, 3.05) is 26.8 Å². The van der Waals surface area contributed by atoms with E-state index in [1.165, 1.54) is 13.2 Å². The van der Waals surface area contributed by atoms with Crippen molar-refractivity contribution in [1.82, 2.24) is 4.90 Å². The zero-order valence-electron chi connectivity index (χ0n) is 21.8. The van der Waals surface area contributed by atoms with Crippen molar-refractivity contribution in [2.24, 2.45) is 5.92 Å². The highest BCUT2D eigenvalue weighted by Crippen LogP contribution is 2.36. The normalized spacial score (nSPS) is 13.3. The second kappa shape index (κ2) is 13.7. The fourth-order valence-electron chi connectivity index (χ4n) is 4.36. The summed E-state index contributed by atoms with van der Waals surface area (Å²) in [4.78, 5) is 13.7. The molecule has 0 heterocycles. The summed E-state index contributed by atoms with van der Waals surface area (Å²) in [5, 5.41) is -0.260. The Hall–Kier alpha value is -3.03. The Balaban J connectivity index is 1.72. The van der Waals surface area contributed by atoms with Crippen LogP contribution in [0.2, 0.25) is 5.02 Å². The molecular weight excluding hydrogens is 515 g/mol. The number of nitrogens with zero attached hydrogens (tertiary/aromatic N) is 1. The molecule has 3 rings (SSSR count). The summed E-state index contributed by atoms with van der Waals surface area (Å²) in [6.07, 6.45) is -4.36. The minimum Gasteiger partial charge on any atom is -0.493 e. The van der Waals surface area contributed by atoms with Crippen LogP contribution in [0.3, 0.4) is 0 Å². The standard InChI is InChI=1S/C30H33ClF3NO3/c1-21(20-38-26-13-7-9-23(15-26)16-28(36)37-3)17-35(18-22(2)24-10-5-4-6-11-24)19-25-12-8-14-27(29(25)31)30(32,33)34/h4-15,21-22H,16-20H2,1-3H3/t21-,22+/m1/s1. The molecule has 0 aromatic heterocycles. The summed E-state index contributed by atoms with van der Waals surface area (Å²) in [7, 11) is 1.35. The lowest BCUT2D eigenvalue weighted by Crippen LogP contribution is -2.33. The van der Waals surface area contributed by atoms with Crippen LogP contribution in [-0.4, -0.2) is 37.7 Å². The maximum atomic E-state index is 13.4. The summed E-state index contributed by atoms with van der Waals surface area (Å²) in [5.74, 6) is 0.533. The molecule has 0 amide bonds. The third-order valence-electron chi connectivity index (χ3n) is 6.26. The highest BCUT2D eigenvalue weighted by Gasteiger charge is 2.34. The van der Waals surface area contributed by atoms with Gasteiger partial charge in [-0.1, -0.05) is 80.0 Å². The first kappa shape index (κ1) is 29.5. The molecule has 0 spiro atoms. The Kier molecular flexibility index (Phi) is 10.6. The van der Waals surface area contributed by atoms with Crippen LogP contribution >= 0.6 is 11.6 Å². The zero-order valence-corrected chi connectivity index (χ0v) is 22.6. The summed E-state index contributed by atoms with van der Waals surface area (Å²) in [5.41, 5.74) is 1.56. The molecule has 204 valence electrons. The first-order chi connectivity index (χ1) is 18.1. The van der Waals surface area contributed by atoms with E-state index in [0.717, 1.165) is 17.2 Å². The predicted molar refractivity (Wildman–Crippen MR) is 143 cm³/mol. The maximum absolute atomic E-state index is 13.4. The lowest BCUT2D eigenvalue weighted by molar-refractivity contribution is -0.140. The van der Waals surface area contributed by atoms with E-state index in [1.807, 2.05) is 55.5 Å². The number of halogens is 4. The first-order valence-electron chi connectivity index (χ1n) is 12.5. The Labute approximate surface area is 227 Å². The monoisotopic (exact) mass is 547 g/mol. The molecule has 4 nitrogen and oxygen atoms in total. The number of hydrogen-bond donors (Lipinski definition) is 0. The van der Waals surface area contributed by atoms with Crippen molar-refractivity contribution in [2.45, 2.75) is 38.9 Å². The fourth-order valence-corrected chi connectivity index (χ4v) is 4.65. The van der Waals surface area contributed by atoms with E-state index >= 15 is 0 Å². The number of carbonyl (C=O) groups excluding carboxylic acids is 1. The number of carbonyl (C=O) groups is 1. The van der Waals surface area contributed by atoms with Gasteiger partial charge in [0.2, 0.25) is 0 Å². The van der Waals surface area contributed by atoms with Crippen molar-refractivity contribution in [1.29, 1.82) is 0 Å². The molecule has 0 aliphatic carbocycles. The van der Waals surface area contributed by atoms with Crippen LogP contribution in [0.4, 0.5) is 13.2 Å². The van der Waals surface area contributed by atoms with E-state index in [1.54, 1.807) is 12.1 Å². The molecule has 0 aliphatic rings. The van der Waals surface area contributed by atoms with Crippen LogP contribution in [0.25, 0.3) is 0 Å². The Morgan fingerprint density at radius 2 is 1.68 bits per heavy atom. The molecule has 3 aromatic carbocycles. The molecule has 0 radical (unpaired) electrons. The predicted octanol–water partition coefficient (Wildman–Crippen LogP) is 7.40. The minimum absolute atomic E-state index is 0.0619. The van der Waals surface area contributed by atoms with Crippen LogP contribution in [-0.2, 0) is 28.7 Å². The van der Waals surface area contributed by atoms with E-state index in [-0.39, 0.29) is 35.8 Å². The average molecular weight is 548 g/mol. The second-order valence-electron chi connectivity index (χ2n) is 9.60. The number of rotatable bonds is 12. The Morgan fingerprint density at radius 3 is 2.37 bits per heavy atom. The zero-order chi connectivity index (χ0) is 27.7. The van der Waals surface area contributed by atoms with Gasteiger partial charge in [-0.2, -0.15) is 13.2 Å². The SMILES string of the molecule is COC(=O)Cc1cccc(OC[C@H](C)CN(Cc2cccc(C(F)(F)F)c2Cl)C[C@H](C)c2ccccc2)c1. The molecule has 0 unspecified atom stereocenters. The fraction of sp³-hybridized carbons (Fsp3) is 0.367. The molecule has 0 N–H and O–H groups in total. The second-order valence-corrected chi connectivity index (χ2v) is 9.98. The third-order valence-corrected chi connectivity index (χ3v) is 6.70. The number of alkyl halides is 3. The first-order valence-corrected chi connectivity index (χ1v) is 12.8. The third kappa shape index (κ3) is 8.77. The van der Waals surface area contributed by atoms with Crippen molar-refractivity contribution >= 4 is 17.6 Å². The molecule has 38 heavy (non-hydrogen) atoms. The van der Waals surface area contributed by atoms with Crippen LogP contribution in [0.1, 0.15) is 42.0 Å². The molecule has 8 heteroatoms. The molecule has 0 aliphatic heterocycles. The number of hydrogen-bond acceptors (Lipinski definition) is 4. The average Bonchev–Trinajstić information content (AvgIpc) is 2.88.